The number of hydrogen-bond acceptors (Lipinski definition) is 5. The van der Waals surface area contributed by atoms with E-state index in [4.69, 9.17) is 16.3 Å². The summed E-state index contributed by atoms with van der Waals surface area (Å²) in [6, 6.07) is 9.84. The van der Waals surface area contributed by atoms with Gasteiger partial charge in [0.05, 0.1) is 17.3 Å². The number of para-hydroxylation sites is 1. The number of alkyl carbamates (subject to hydrolysis) is 1. The zero-order valence-electron chi connectivity index (χ0n) is 23.1. The number of rotatable bonds is 8. The molecule has 3 N–H and O–H groups in total. The summed E-state index contributed by atoms with van der Waals surface area (Å²) in [6.45, 7) is 15.3. The molecule has 0 aliphatic heterocycles. The number of benzene rings is 2. The first-order chi connectivity index (χ1) is 17.6. The number of carbonyl (C=O) groups is 3. The molecule has 2 aromatic carbocycles. The van der Waals surface area contributed by atoms with Crippen molar-refractivity contribution in [2.75, 3.05) is 11.9 Å². The Morgan fingerprint density at radius 1 is 1.11 bits per heavy atom. The molecule has 9 heteroatoms. The first-order valence-electron chi connectivity index (χ1n) is 12.3. The van der Waals surface area contributed by atoms with Crippen LogP contribution in [0.5, 0.6) is 0 Å². The Labute approximate surface area is 230 Å². The van der Waals surface area contributed by atoms with Crippen LogP contribution in [0.4, 0.5) is 10.5 Å². The number of nitrogens with one attached hydrogen (secondary N) is 2. The number of ether oxygens (including phenoxy) is 1. The van der Waals surface area contributed by atoms with Crippen molar-refractivity contribution in [2.24, 2.45) is 0 Å². The Kier molecular flexibility index (Phi) is 10.1. The predicted octanol–water partition coefficient (Wildman–Crippen LogP) is 5.48. The number of amides is 3. The summed E-state index contributed by atoms with van der Waals surface area (Å²) in [4.78, 5) is 41.7. The molecule has 2 rings (SSSR count). The first-order valence-corrected chi connectivity index (χ1v) is 12.7. The second-order valence-corrected chi connectivity index (χ2v) is 11.4. The topological polar surface area (TPSA) is 108 Å². The first kappa shape index (κ1) is 30.9. The van der Waals surface area contributed by atoms with E-state index in [0.29, 0.717) is 16.3 Å². The maximum Gasteiger partial charge on any atom is 0.408 e. The predicted molar refractivity (Wildman–Crippen MR) is 151 cm³/mol. The highest BCUT2D eigenvalue weighted by Crippen LogP contribution is 2.33. The molecular weight excluding hydrogens is 506 g/mol. The molecule has 0 aromatic heterocycles. The van der Waals surface area contributed by atoms with E-state index in [0.717, 1.165) is 11.1 Å². The highest BCUT2D eigenvalue weighted by molar-refractivity contribution is 6.34. The van der Waals surface area contributed by atoms with Gasteiger partial charge in [0.15, 0.2) is 0 Å². The molecule has 3 amide bonds. The van der Waals surface area contributed by atoms with Gasteiger partial charge in [0, 0.05) is 5.54 Å². The molecule has 0 saturated heterocycles. The lowest BCUT2D eigenvalue weighted by Crippen LogP contribution is -2.59. The Balaban J connectivity index is 2.61. The number of aryl methyl sites for hydroxylation is 1. The Hall–Kier alpha value is -3.36. The van der Waals surface area contributed by atoms with Gasteiger partial charge in [-0.2, -0.15) is 0 Å². The van der Waals surface area contributed by atoms with E-state index in [-0.39, 0.29) is 0 Å². The zero-order valence-corrected chi connectivity index (χ0v) is 23.8. The quantitative estimate of drug-likeness (QED) is 0.408. The van der Waals surface area contributed by atoms with Crippen LogP contribution >= 0.6 is 11.6 Å². The summed E-state index contributed by atoms with van der Waals surface area (Å²) >= 11 is 6.38. The standard InChI is InChI=1S/C29H38ClN3O5/c1-9-19-13-11-14-20(16-19)24(25(35)32-23-18(2)12-10-15-21(23)30)33(28(3,4)5)26(36)22(17-34)31-27(37)38-29(6,7)8/h9-16,22,24,34H,1,17H2,2-8H3,(H,31,37)(H,32,35). The van der Waals surface area contributed by atoms with Crippen molar-refractivity contribution in [3.63, 3.8) is 0 Å². The number of halogens is 1. The van der Waals surface area contributed by atoms with Crippen molar-refractivity contribution < 1.29 is 24.2 Å². The van der Waals surface area contributed by atoms with E-state index in [2.05, 4.69) is 17.2 Å². The van der Waals surface area contributed by atoms with Crippen molar-refractivity contribution in [3.8, 4) is 0 Å². The van der Waals surface area contributed by atoms with Crippen molar-refractivity contribution in [3.05, 3.63) is 70.8 Å². The van der Waals surface area contributed by atoms with Gasteiger partial charge >= 0.3 is 6.09 Å². The van der Waals surface area contributed by atoms with E-state index in [1.54, 1.807) is 78.0 Å². The summed E-state index contributed by atoms with van der Waals surface area (Å²) < 4.78 is 5.28. The third-order valence-corrected chi connectivity index (χ3v) is 5.89. The molecule has 0 fully saturated rings. The summed E-state index contributed by atoms with van der Waals surface area (Å²) in [7, 11) is 0. The van der Waals surface area contributed by atoms with Crippen LogP contribution < -0.4 is 10.6 Å². The molecule has 0 saturated carbocycles. The molecule has 206 valence electrons. The van der Waals surface area contributed by atoms with Gasteiger partial charge in [-0.25, -0.2) is 4.79 Å². The summed E-state index contributed by atoms with van der Waals surface area (Å²) in [6.07, 6.45) is 0.778. The molecule has 0 bridgehead atoms. The number of carbonyl (C=O) groups excluding carboxylic acids is 3. The molecule has 0 aliphatic rings. The molecule has 38 heavy (non-hydrogen) atoms. The van der Waals surface area contributed by atoms with E-state index in [1.807, 2.05) is 19.1 Å². The van der Waals surface area contributed by atoms with Crippen molar-refractivity contribution >= 4 is 41.3 Å². The third-order valence-electron chi connectivity index (χ3n) is 5.57. The van der Waals surface area contributed by atoms with Crippen LogP contribution in [-0.2, 0) is 14.3 Å². The Bertz CT molecular complexity index is 1160. The monoisotopic (exact) mass is 543 g/mol. The minimum absolute atomic E-state index is 0.352. The Morgan fingerprint density at radius 2 is 1.74 bits per heavy atom. The van der Waals surface area contributed by atoms with Crippen molar-refractivity contribution in [1.82, 2.24) is 10.2 Å². The average molecular weight is 544 g/mol. The SMILES string of the molecule is C=Cc1cccc(C(C(=O)Nc2c(C)cccc2Cl)N(C(=O)C(CO)NC(=O)OC(C)(C)C)C(C)(C)C)c1. The third kappa shape index (κ3) is 8.07. The molecular formula is C29H38ClN3O5. The number of nitrogens with zero attached hydrogens (tertiary/aromatic N) is 1. The van der Waals surface area contributed by atoms with Crippen LogP contribution in [0.1, 0.15) is 64.3 Å². The fourth-order valence-corrected chi connectivity index (χ4v) is 4.17. The van der Waals surface area contributed by atoms with Gasteiger partial charge in [0.25, 0.3) is 5.91 Å². The molecule has 0 aliphatic carbocycles. The minimum Gasteiger partial charge on any atom is -0.444 e. The van der Waals surface area contributed by atoms with Crippen LogP contribution in [0.15, 0.2) is 49.0 Å². The fourth-order valence-electron chi connectivity index (χ4n) is 3.90. The van der Waals surface area contributed by atoms with E-state index < -0.39 is 47.7 Å². The van der Waals surface area contributed by atoms with Crippen LogP contribution in [0, 0.1) is 6.92 Å². The fraction of sp³-hybridized carbons (Fsp3) is 0.414. The molecule has 0 spiro atoms. The van der Waals surface area contributed by atoms with E-state index in [9.17, 15) is 19.5 Å². The van der Waals surface area contributed by atoms with Crippen LogP contribution in [0.3, 0.4) is 0 Å². The highest BCUT2D eigenvalue weighted by atomic mass is 35.5. The maximum absolute atomic E-state index is 14.0. The molecule has 0 heterocycles. The normalized spacial score (nSPS) is 13.2. The van der Waals surface area contributed by atoms with Crippen LogP contribution in [-0.4, -0.2) is 51.7 Å². The molecule has 8 nitrogen and oxygen atoms in total. The van der Waals surface area contributed by atoms with Crippen LogP contribution in [0.25, 0.3) is 6.08 Å². The Morgan fingerprint density at radius 3 is 2.26 bits per heavy atom. The number of anilines is 1. The average Bonchev–Trinajstić information content (AvgIpc) is 2.80. The summed E-state index contributed by atoms with van der Waals surface area (Å²) in [5, 5.41) is 15.8. The van der Waals surface area contributed by atoms with Gasteiger partial charge in [0.1, 0.15) is 17.7 Å². The van der Waals surface area contributed by atoms with Gasteiger partial charge in [0.2, 0.25) is 5.91 Å². The second-order valence-electron chi connectivity index (χ2n) is 11.0. The number of aliphatic hydroxyl groups excluding tert-OH is 1. The number of hydrogen-bond donors (Lipinski definition) is 3. The summed E-state index contributed by atoms with van der Waals surface area (Å²) in [5.41, 5.74) is 0.718. The van der Waals surface area contributed by atoms with Gasteiger partial charge in [-0.15, -0.1) is 0 Å². The molecule has 2 aromatic rings. The largest absolute Gasteiger partial charge is 0.444 e. The summed E-state index contributed by atoms with van der Waals surface area (Å²) in [5.74, 6) is -1.18. The van der Waals surface area contributed by atoms with Gasteiger partial charge in [-0.1, -0.05) is 54.6 Å². The van der Waals surface area contributed by atoms with Gasteiger partial charge < -0.3 is 25.4 Å². The lowest BCUT2D eigenvalue weighted by atomic mass is 9.94. The zero-order chi connectivity index (χ0) is 28.8. The molecule has 0 radical (unpaired) electrons. The highest BCUT2D eigenvalue weighted by Gasteiger charge is 2.42. The number of aliphatic hydroxyl groups is 1. The lowest BCUT2D eigenvalue weighted by molar-refractivity contribution is -0.147. The lowest BCUT2D eigenvalue weighted by Gasteiger charge is -2.43. The van der Waals surface area contributed by atoms with Crippen molar-refractivity contribution in [1.29, 1.82) is 0 Å². The van der Waals surface area contributed by atoms with E-state index >= 15 is 0 Å². The minimum atomic E-state index is -1.36. The molecule has 2 unspecified atom stereocenters. The van der Waals surface area contributed by atoms with Gasteiger partial charge in [-0.3, -0.25) is 9.59 Å². The second kappa shape index (κ2) is 12.5. The smallest absolute Gasteiger partial charge is 0.408 e. The van der Waals surface area contributed by atoms with Crippen LogP contribution in [0.2, 0.25) is 5.02 Å². The van der Waals surface area contributed by atoms with E-state index in [1.165, 1.54) is 4.90 Å². The maximum atomic E-state index is 14.0. The van der Waals surface area contributed by atoms with Gasteiger partial charge in [-0.05, 0) is 77.3 Å². The van der Waals surface area contributed by atoms with Crippen molar-refractivity contribution in [2.45, 2.75) is 71.7 Å². The molecule has 2 atom stereocenters.